The summed E-state index contributed by atoms with van der Waals surface area (Å²) in [6.45, 7) is 6.35. The maximum atomic E-state index is 13.2. The number of carbonyl (C=O) groups excluding carboxylic acids is 1. The molecule has 0 aliphatic carbocycles. The fourth-order valence-electron chi connectivity index (χ4n) is 2.93. The van der Waals surface area contributed by atoms with Gasteiger partial charge in [-0.3, -0.25) is 4.79 Å². The molecule has 1 aromatic carbocycles. The van der Waals surface area contributed by atoms with Crippen LogP contribution in [0, 0.1) is 11.2 Å². The van der Waals surface area contributed by atoms with Gasteiger partial charge in [0.25, 0.3) is 0 Å². The minimum Gasteiger partial charge on any atom is -0.469 e. The maximum absolute atomic E-state index is 13.2. The molecule has 0 aliphatic heterocycles. The van der Waals surface area contributed by atoms with Gasteiger partial charge in [-0.1, -0.05) is 20.8 Å². The molecule has 1 heterocycles. The minimum atomic E-state index is -3.79. The summed E-state index contributed by atoms with van der Waals surface area (Å²) in [4.78, 5) is 13.4. The quantitative estimate of drug-likeness (QED) is 0.498. The van der Waals surface area contributed by atoms with Crippen LogP contribution in [0.3, 0.4) is 0 Å². The van der Waals surface area contributed by atoms with Crippen LogP contribution in [0.25, 0.3) is 0 Å². The molecule has 166 valence electrons. The van der Waals surface area contributed by atoms with Crippen molar-refractivity contribution in [1.29, 1.82) is 0 Å². The van der Waals surface area contributed by atoms with Gasteiger partial charge in [-0.2, -0.15) is 0 Å². The first-order chi connectivity index (χ1) is 14.0. The highest BCUT2D eigenvalue weighted by Crippen LogP contribution is 2.33. The smallest absolute Gasteiger partial charge is 0.305 e. The van der Waals surface area contributed by atoms with E-state index in [1.807, 2.05) is 12.1 Å². The highest BCUT2D eigenvalue weighted by Gasteiger charge is 2.24. The first-order valence-electron chi connectivity index (χ1n) is 9.93. The van der Waals surface area contributed by atoms with Gasteiger partial charge in [0.15, 0.2) is 0 Å². The number of nitrogens with one attached hydrogen (secondary N) is 1. The van der Waals surface area contributed by atoms with Gasteiger partial charge >= 0.3 is 5.97 Å². The van der Waals surface area contributed by atoms with Crippen molar-refractivity contribution in [2.24, 2.45) is 5.41 Å². The van der Waals surface area contributed by atoms with E-state index in [2.05, 4.69) is 30.2 Å². The Kier molecular flexibility index (Phi) is 8.58. The van der Waals surface area contributed by atoms with Crippen molar-refractivity contribution < 1.29 is 22.3 Å². The topological polar surface area (TPSA) is 72.5 Å². The van der Waals surface area contributed by atoms with E-state index < -0.39 is 15.8 Å². The average Bonchev–Trinajstić information content (AvgIpc) is 3.13. The summed E-state index contributed by atoms with van der Waals surface area (Å²) in [5.74, 6) is -0.713. The molecule has 1 N–H and O–H groups in total. The van der Waals surface area contributed by atoms with Crippen molar-refractivity contribution in [2.75, 3.05) is 7.11 Å². The standard InChI is InChI=1S/C22H30FNO4S2/c1-22(2,3)15-14-19(24-30(26,27)18-11-8-16(23)9-12-18)20-13-10-17(29-20)6-5-7-21(25)28-4/h8-13,19,24H,5-7,14-15H2,1-4H3. The summed E-state index contributed by atoms with van der Waals surface area (Å²) >= 11 is 1.55. The second-order valence-electron chi connectivity index (χ2n) is 8.46. The number of carbonyl (C=O) groups is 1. The van der Waals surface area contributed by atoms with Crippen molar-refractivity contribution in [2.45, 2.75) is 63.8 Å². The van der Waals surface area contributed by atoms with Crippen LogP contribution in [0.2, 0.25) is 0 Å². The average molecular weight is 456 g/mol. The van der Waals surface area contributed by atoms with Gasteiger partial charge in [0.2, 0.25) is 10.0 Å². The molecule has 8 heteroatoms. The number of esters is 1. The normalized spacial score (nSPS) is 13.2. The number of hydrogen-bond donors (Lipinski definition) is 1. The number of methoxy groups -OCH3 is 1. The summed E-state index contributed by atoms with van der Waals surface area (Å²) in [6.07, 6.45) is 3.25. The SMILES string of the molecule is COC(=O)CCCc1ccc(C(CCC(C)(C)C)NS(=O)(=O)c2ccc(F)cc2)s1. The van der Waals surface area contributed by atoms with E-state index in [0.717, 1.165) is 34.7 Å². The third-order valence-electron chi connectivity index (χ3n) is 4.66. The van der Waals surface area contributed by atoms with Gasteiger partial charge < -0.3 is 4.74 Å². The summed E-state index contributed by atoms with van der Waals surface area (Å²) < 4.78 is 46.4. The molecule has 2 rings (SSSR count). The molecule has 1 atom stereocenters. The van der Waals surface area contributed by atoms with Crippen molar-refractivity contribution >= 4 is 27.3 Å². The number of thiophene rings is 1. The van der Waals surface area contributed by atoms with E-state index in [1.165, 1.54) is 19.2 Å². The molecule has 0 aliphatic rings. The molecule has 30 heavy (non-hydrogen) atoms. The molecule has 0 spiro atoms. The Morgan fingerprint density at radius 1 is 1.17 bits per heavy atom. The molecule has 0 saturated carbocycles. The van der Waals surface area contributed by atoms with Crippen LogP contribution >= 0.6 is 11.3 Å². The Morgan fingerprint density at radius 2 is 1.83 bits per heavy atom. The van der Waals surface area contributed by atoms with Gasteiger partial charge in [0.05, 0.1) is 18.0 Å². The Bertz CT molecular complexity index is 931. The largest absolute Gasteiger partial charge is 0.469 e. The van der Waals surface area contributed by atoms with E-state index in [9.17, 15) is 17.6 Å². The molecule has 0 saturated heterocycles. The van der Waals surface area contributed by atoms with Gasteiger partial charge in [0.1, 0.15) is 5.82 Å². The number of ether oxygens (including phenoxy) is 1. The van der Waals surface area contributed by atoms with Gasteiger partial charge in [-0.05, 0) is 67.5 Å². The third-order valence-corrected chi connectivity index (χ3v) is 7.41. The molecule has 0 fully saturated rings. The first-order valence-corrected chi connectivity index (χ1v) is 12.2. The van der Waals surface area contributed by atoms with E-state index in [-0.39, 0.29) is 22.3 Å². The van der Waals surface area contributed by atoms with E-state index >= 15 is 0 Å². The Hall–Kier alpha value is -1.77. The lowest BCUT2D eigenvalue weighted by molar-refractivity contribution is -0.140. The number of hydrogen-bond acceptors (Lipinski definition) is 5. The number of halogens is 1. The second kappa shape index (κ2) is 10.5. The van der Waals surface area contributed by atoms with Crippen molar-refractivity contribution in [3.05, 3.63) is 52.0 Å². The number of sulfonamides is 1. The van der Waals surface area contributed by atoms with Gasteiger partial charge in [0, 0.05) is 16.2 Å². The number of benzene rings is 1. The summed E-state index contributed by atoms with van der Waals surface area (Å²) in [6, 6.07) is 8.37. The lowest BCUT2D eigenvalue weighted by atomic mass is 9.88. The lowest BCUT2D eigenvalue weighted by Gasteiger charge is -2.23. The highest BCUT2D eigenvalue weighted by atomic mass is 32.2. The summed E-state index contributed by atoms with van der Waals surface area (Å²) in [5.41, 5.74) is 0.0557. The van der Waals surface area contributed by atoms with Crippen molar-refractivity contribution in [1.82, 2.24) is 4.72 Å². The van der Waals surface area contributed by atoms with Crippen LogP contribution in [-0.2, 0) is 26.0 Å². The molecular formula is C22H30FNO4S2. The second-order valence-corrected chi connectivity index (χ2v) is 11.4. The minimum absolute atomic E-state index is 0.0412. The zero-order chi connectivity index (χ0) is 22.4. The Labute approximate surface area is 182 Å². The van der Waals surface area contributed by atoms with Crippen LogP contribution in [0.15, 0.2) is 41.3 Å². The van der Waals surface area contributed by atoms with E-state index in [0.29, 0.717) is 19.3 Å². The molecule has 5 nitrogen and oxygen atoms in total. The Balaban J connectivity index is 2.17. The van der Waals surface area contributed by atoms with E-state index in [4.69, 9.17) is 0 Å². The van der Waals surface area contributed by atoms with Crippen LogP contribution in [0.1, 0.15) is 62.3 Å². The lowest BCUT2D eigenvalue weighted by Crippen LogP contribution is -2.29. The molecule has 0 radical (unpaired) electrons. The number of rotatable bonds is 10. The first kappa shape index (κ1) is 24.5. The molecule has 0 amide bonds. The maximum Gasteiger partial charge on any atom is 0.305 e. The monoisotopic (exact) mass is 455 g/mol. The molecule has 2 aromatic rings. The zero-order valence-electron chi connectivity index (χ0n) is 17.9. The molecular weight excluding hydrogens is 425 g/mol. The fraction of sp³-hybridized carbons (Fsp3) is 0.500. The van der Waals surface area contributed by atoms with E-state index in [1.54, 1.807) is 11.3 Å². The zero-order valence-corrected chi connectivity index (χ0v) is 19.5. The van der Waals surface area contributed by atoms with Crippen LogP contribution in [0.4, 0.5) is 4.39 Å². The summed E-state index contributed by atoms with van der Waals surface area (Å²) in [7, 11) is -2.41. The van der Waals surface area contributed by atoms with Crippen LogP contribution < -0.4 is 4.72 Å². The fourth-order valence-corrected chi connectivity index (χ4v) is 5.40. The van der Waals surface area contributed by atoms with Crippen LogP contribution in [-0.4, -0.2) is 21.5 Å². The molecule has 1 unspecified atom stereocenters. The molecule has 1 aromatic heterocycles. The Morgan fingerprint density at radius 3 is 2.43 bits per heavy atom. The predicted molar refractivity (Wildman–Crippen MR) is 117 cm³/mol. The number of aryl methyl sites for hydroxylation is 1. The van der Waals surface area contributed by atoms with Crippen molar-refractivity contribution in [3.8, 4) is 0 Å². The predicted octanol–water partition coefficient (Wildman–Crippen LogP) is 5.23. The highest BCUT2D eigenvalue weighted by molar-refractivity contribution is 7.89. The van der Waals surface area contributed by atoms with Gasteiger partial charge in [-0.25, -0.2) is 17.5 Å². The summed E-state index contributed by atoms with van der Waals surface area (Å²) in [5, 5.41) is 0. The van der Waals surface area contributed by atoms with Crippen LogP contribution in [0.5, 0.6) is 0 Å². The van der Waals surface area contributed by atoms with Crippen molar-refractivity contribution in [3.63, 3.8) is 0 Å². The molecule has 0 bridgehead atoms. The third kappa shape index (κ3) is 7.81. The van der Waals surface area contributed by atoms with Gasteiger partial charge in [-0.15, -0.1) is 11.3 Å².